The summed E-state index contributed by atoms with van der Waals surface area (Å²) in [5.74, 6) is 0.476. The van der Waals surface area contributed by atoms with Gasteiger partial charge in [0.25, 0.3) is 0 Å². The number of hydrogen-bond acceptors (Lipinski definition) is 4. The lowest BCUT2D eigenvalue weighted by Crippen LogP contribution is -2.10. The fraction of sp³-hybridized carbons (Fsp3) is 0.500. The van der Waals surface area contributed by atoms with Gasteiger partial charge in [0.15, 0.2) is 9.84 Å². The number of nitrogens with zero attached hydrogens (tertiary/aromatic N) is 1. The van der Waals surface area contributed by atoms with Gasteiger partial charge in [0.05, 0.1) is 27.2 Å². The smallest absolute Gasteiger partial charge is 0.175 e. The molecule has 0 spiro atoms. The molecule has 1 atom stereocenters. The van der Waals surface area contributed by atoms with Crippen molar-refractivity contribution in [3.05, 3.63) is 24.3 Å². The van der Waals surface area contributed by atoms with Crippen LogP contribution in [0.5, 0.6) is 0 Å². The van der Waals surface area contributed by atoms with Crippen LogP contribution in [0, 0.1) is 16.7 Å². The summed E-state index contributed by atoms with van der Waals surface area (Å²) < 4.78 is 34.7. The highest BCUT2D eigenvalue weighted by molar-refractivity contribution is 7.90. The zero-order valence-electron chi connectivity index (χ0n) is 11.9. The van der Waals surface area contributed by atoms with Crippen molar-refractivity contribution >= 4 is 20.6 Å². The molecule has 1 unspecified atom stereocenters. The van der Waals surface area contributed by atoms with Crippen LogP contribution in [0.15, 0.2) is 34.1 Å². The maximum atomic E-state index is 12.1. The molecule has 0 fully saturated rings. The average Bonchev–Trinajstić information content (AvgIpc) is 2.37. The Morgan fingerprint density at radius 3 is 2.25 bits per heavy atom. The Morgan fingerprint density at radius 2 is 1.80 bits per heavy atom. The van der Waals surface area contributed by atoms with Gasteiger partial charge in [-0.05, 0) is 51.0 Å². The van der Waals surface area contributed by atoms with Gasteiger partial charge in [-0.1, -0.05) is 0 Å². The summed E-state index contributed by atoms with van der Waals surface area (Å²) in [4.78, 5) is 0.844. The fourth-order valence-corrected chi connectivity index (χ4v) is 3.37. The van der Waals surface area contributed by atoms with E-state index >= 15 is 0 Å². The highest BCUT2D eigenvalue weighted by atomic mass is 32.2. The molecule has 0 radical (unpaired) electrons. The molecule has 20 heavy (non-hydrogen) atoms. The van der Waals surface area contributed by atoms with E-state index in [1.807, 2.05) is 13.8 Å². The Bertz CT molecular complexity index is 625. The largest absolute Gasteiger partial charge is 0.254 e. The van der Waals surface area contributed by atoms with Crippen LogP contribution >= 0.6 is 0 Å². The SMILES string of the molecule is CC(C)(C#N)CCCS(=O)c1ccc(S(C)(=O)=O)cc1. The molecule has 1 rings (SSSR count). The van der Waals surface area contributed by atoms with Crippen molar-refractivity contribution in [1.82, 2.24) is 0 Å². The number of nitriles is 1. The highest BCUT2D eigenvalue weighted by Crippen LogP contribution is 2.21. The lowest BCUT2D eigenvalue weighted by molar-refractivity contribution is 0.447. The lowest BCUT2D eigenvalue weighted by Gasteiger charge is -2.14. The molecule has 4 nitrogen and oxygen atoms in total. The van der Waals surface area contributed by atoms with Crippen LogP contribution in [-0.2, 0) is 20.6 Å². The second-order valence-electron chi connectivity index (χ2n) is 5.39. The normalized spacial score (nSPS) is 13.7. The van der Waals surface area contributed by atoms with Crippen LogP contribution in [0.1, 0.15) is 26.7 Å². The first-order valence-electron chi connectivity index (χ1n) is 6.25. The second kappa shape index (κ2) is 6.51. The number of hydrogen-bond donors (Lipinski definition) is 0. The van der Waals surface area contributed by atoms with Gasteiger partial charge >= 0.3 is 0 Å². The summed E-state index contributed by atoms with van der Waals surface area (Å²) in [5, 5.41) is 8.90. The summed E-state index contributed by atoms with van der Waals surface area (Å²) in [6, 6.07) is 8.33. The Morgan fingerprint density at radius 1 is 1.25 bits per heavy atom. The summed E-state index contributed by atoms with van der Waals surface area (Å²) in [5.41, 5.74) is -0.398. The van der Waals surface area contributed by atoms with Gasteiger partial charge in [-0.15, -0.1) is 0 Å². The molecular formula is C14H19NO3S2. The van der Waals surface area contributed by atoms with Crippen molar-refractivity contribution in [2.24, 2.45) is 5.41 Å². The Labute approximate surface area is 123 Å². The van der Waals surface area contributed by atoms with Crippen molar-refractivity contribution in [3.8, 4) is 6.07 Å². The van der Waals surface area contributed by atoms with Crippen molar-refractivity contribution < 1.29 is 12.6 Å². The molecule has 0 aliphatic heterocycles. The van der Waals surface area contributed by atoms with Crippen molar-refractivity contribution in [1.29, 1.82) is 5.26 Å². The first kappa shape index (κ1) is 16.9. The van der Waals surface area contributed by atoms with Gasteiger partial charge in [-0.3, -0.25) is 4.21 Å². The summed E-state index contributed by atoms with van der Waals surface area (Å²) >= 11 is 0. The van der Waals surface area contributed by atoms with Crippen molar-refractivity contribution in [2.75, 3.05) is 12.0 Å². The minimum absolute atomic E-state index is 0.226. The first-order chi connectivity index (χ1) is 9.15. The van der Waals surface area contributed by atoms with E-state index < -0.39 is 26.1 Å². The van der Waals surface area contributed by atoms with Gasteiger partial charge < -0.3 is 0 Å². The van der Waals surface area contributed by atoms with Gasteiger partial charge in [-0.25, -0.2) is 8.42 Å². The highest BCUT2D eigenvalue weighted by Gasteiger charge is 2.17. The van der Waals surface area contributed by atoms with Crippen molar-refractivity contribution in [2.45, 2.75) is 36.5 Å². The van der Waals surface area contributed by atoms with Crippen LogP contribution in [0.3, 0.4) is 0 Å². The predicted molar refractivity (Wildman–Crippen MR) is 79.5 cm³/mol. The molecule has 0 bridgehead atoms. The monoisotopic (exact) mass is 313 g/mol. The zero-order chi connectivity index (χ0) is 15.4. The van der Waals surface area contributed by atoms with Gasteiger partial charge in [0.2, 0.25) is 0 Å². The zero-order valence-corrected chi connectivity index (χ0v) is 13.6. The van der Waals surface area contributed by atoms with Gasteiger partial charge in [0.1, 0.15) is 0 Å². The maximum Gasteiger partial charge on any atom is 0.175 e. The molecule has 0 aliphatic carbocycles. The van der Waals surface area contributed by atoms with E-state index in [1.165, 1.54) is 12.1 Å². The Balaban J connectivity index is 2.64. The predicted octanol–water partition coefficient (Wildman–Crippen LogP) is 2.53. The molecule has 1 aromatic rings. The molecule has 0 saturated heterocycles. The van der Waals surface area contributed by atoms with E-state index in [2.05, 4.69) is 6.07 Å². The topological polar surface area (TPSA) is 75.0 Å². The molecule has 6 heteroatoms. The number of sulfone groups is 1. The van der Waals surface area contributed by atoms with E-state index in [4.69, 9.17) is 5.26 Å². The first-order valence-corrected chi connectivity index (χ1v) is 9.46. The van der Waals surface area contributed by atoms with Gasteiger partial charge in [-0.2, -0.15) is 5.26 Å². The van der Waals surface area contributed by atoms with E-state index in [0.29, 0.717) is 23.5 Å². The molecule has 0 N–H and O–H groups in total. The van der Waals surface area contributed by atoms with E-state index in [9.17, 15) is 12.6 Å². The Hall–Kier alpha value is -1.19. The van der Waals surface area contributed by atoms with Crippen molar-refractivity contribution in [3.63, 3.8) is 0 Å². The lowest BCUT2D eigenvalue weighted by atomic mass is 9.90. The van der Waals surface area contributed by atoms with Crippen LogP contribution in [-0.4, -0.2) is 24.6 Å². The molecule has 0 heterocycles. The third-order valence-corrected chi connectivity index (χ3v) is 5.53. The molecule has 0 saturated carbocycles. The minimum atomic E-state index is -3.22. The molecular weight excluding hydrogens is 294 g/mol. The van der Waals surface area contributed by atoms with Gasteiger partial charge in [0, 0.05) is 16.9 Å². The number of rotatable bonds is 6. The molecule has 110 valence electrons. The summed E-state index contributed by atoms with van der Waals surface area (Å²) in [6.07, 6.45) is 2.53. The van der Waals surface area contributed by atoms with Crippen LogP contribution in [0.25, 0.3) is 0 Å². The Kier molecular flexibility index (Phi) is 5.49. The summed E-state index contributed by atoms with van der Waals surface area (Å²) in [6.45, 7) is 3.72. The fourth-order valence-electron chi connectivity index (χ4n) is 1.66. The standard InChI is InChI=1S/C14H19NO3S2/c1-14(2,11-15)9-4-10-19(16)12-5-7-13(8-6-12)20(3,17)18/h5-8H,4,9-10H2,1-3H3. The van der Waals surface area contributed by atoms with Crippen LogP contribution in [0.4, 0.5) is 0 Å². The second-order valence-corrected chi connectivity index (χ2v) is 8.98. The van der Waals surface area contributed by atoms with E-state index in [-0.39, 0.29) is 4.90 Å². The maximum absolute atomic E-state index is 12.1. The molecule has 0 aliphatic rings. The number of benzene rings is 1. The molecule has 0 aromatic heterocycles. The van der Waals surface area contributed by atoms with E-state index in [1.54, 1.807) is 12.1 Å². The molecule has 0 amide bonds. The average molecular weight is 313 g/mol. The van der Waals surface area contributed by atoms with E-state index in [0.717, 1.165) is 6.26 Å². The van der Waals surface area contributed by atoms with Crippen LogP contribution < -0.4 is 0 Å². The quantitative estimate of drug-likeness (QED) is 0.808. The third kappa shape index (κ3) is 5.06. The minimum Gasteiger partial charge on any atom is -0.254 e. The summed E-state index contributed by atoms with van der Waals surface area (Å²) in [7, 11) is -4.38. The molecule has 1 aromatic carbocycles. The van der Waals surface area contributed by atoms with Crippen LogP contribution in [0.2, 0.25) is 0 Å². The third-order valence-electron chi connectivity index (χ3n) is 2.95.